The molecule has 2 unspecified atom stereocenters. The van der Waals surface area contributed by atoms with E-state index in [2.05, 4.69) is 5.32 Å². The van der Waals surface area contributed by atoms with Crippen molar-refractivity contribution < 1.29 is 14.6 Å². The van der Waals surface area contributed by atoms with Crippen molar-refractivity contribution >= 4 is 5.91 Å². The van der Waals surface area contributed by atoms with Gasteiger partial charge in [-0.3, -0.25) is 4.79 Å². The highest BCUT2D eigenvalue weighted by atomic mass is 16.5. The fourth-order valence-electron chi connectivity index (χ4n) is 2.42. The molecule has 2 aliphatic rings. The third-order valence-corrected chi connectivity index (χ3v) is 3.31. The molecule has 2 rings (SSSR count). The van der Waals surface area contributed by atoms with Crippen molar-refractivity contribution in [2.45, 2.75) is 31.4 Å². The number of aliphatic hydroxyl groups excluding tert-OH is 1. The van der Waals surface area contributed by atoms with Crippen LogP contribution in [0.25, 0.3) is 0 Å². The van der Waals surface area contributed by atoms with Crippen molar-refractivity contribution in [3.63, 3.8) is 0 Å². The topological polar surface area (TPSA) is 61.8 Å². The second-order valence-electron chi connectivity index (χ2n) is 4.47. The molecule has 0 aromatic heterocycles. The highest BCUT2D eigenvalue weighted by Crippen LogP contribution is 2.18. The summed E-state index contributed by atoms with van der Waals surface area (Å²) in [6.45, 7) is 3.16. The normalized spacial score (nSPS) is 30.7. The zero-order valence-electron chi connectivity index (χ0n) is 9.52. The summed E-state index contributed by atoms with van der Waals surface area (Å²) < 4.78 is 5.50. The van der Waals surface area contributed by atoms with E-state index in [0.717, 1.165) is 32.5 Å². The van der Waals surface area contributed by atoms with Gasteiger partial charge in [-0.05, 0) is 12.8 Å². The number of nitrogens with one attached hydrogen (secondary N) is 1. The average molecular weight is 228 g/mol. The number of hydrogen-bond acceptors (Lipinski definition) is 4. The Kier molecular flexibility index (Phi) is 4.15. The summed E-state index contributed by atoms with van der Waals surface area (Å²) in [5.41, 5.74) is 0. The highest BCUT2D eigenvalue weighted by Gasteiger charge is 2.29. The van der Waals surface area contributed by atoms with Crippen LogP contribution in [0.3, 0.4) is 0 Å². The number of morpholine rings is 1. The van der Waals surface area contributed by atoms with Gasteiger partial charge >= 0.3 is 0 Å². The molecule has 2 heterocycles. The van der Waals surface area contributed by atoms with Gasteiger partial charge in [0, 0.05) is 19.6 Å². The average Bonchev–Trinajstić information content (AvgIpc) is 2.78. The Morgan fingerprint density at radius 1 is 1.56 bits per heavy atom. The first-order valence-corrected chi connectivity index (χ1v) is 6.04. The molecule has 16 heavy (non-hydrogen) atoms. The molecule has 0 radical (unpaired) electrons. The third kappa shape index (κ3) is 2.72. The minimum Gasteiger partial charge on any atom is -0.394 e. The smallest absolute Gasteiger partial charge is 0.225 e. The Bertz CT molecular complexity index is 241. The summed E-state index contributed by atoms with van der Waals surface area (Å²) in [5.74, 6) is 0.116. The van der Waals surface area contributed by atoms with Gasteiger partial charge in [-0.2, -0.15) is 0 Å². The molecule has 1 amide bonds. The van der Waals surface area contributed by atoms with Crippen molar-refractivity contribution in [3.8, 4) is 0 Å². The van der Waals surface area contributed by atoms with E-state index in [1.54, 1.807) is 4.90 Å². The first kappa shape index (κ1) is 11.8. The van der Waals surface area contributed by atoms with Gasteiger partial charge in [0.25, 0.3) is 0 Å². The van der Waals surface area contributed by atoms with Crippen molar-refractivity contribution in [2.75, 3.05) is 32.8 Å². The van der Waals surface area contributed by atoms with E-state index < -0.39 is 0 Å². The lowest BCUT2D eigenvalue weighted by Crippen LogP contribution is -2.44. The molecular weight excluding hydrogens is 208 g/mol. The van der Waals surface area contributed by atoms with E-state index in [9.17, 15) is 4.79 Å². The number of ether oxygens (including phenoxy) is 1. The Hall–Kier alpha value is -0.650. The van der Waals surface area contributed by atoms with Gasteiger partial charge in [-0.25, -0.2) is 0 Å². The number of aliphatic hydroxyl groups is 1. The summed E-state index contributed by atoms with van der Waals surface area (Å²) in [5, 5.41) is 12.4. The van der Waals surface area contributed by atoms with Crippen LogP contribution < -0.4 is 5.32 Å². The van der Waals surface area contributed by atoms with Gasteiger partial charge < -0.3 is 20.1 Å². The van der Waals surface area contributed by atoms with Gasteiger partial charge in [0.1, 0.15) is 0 Å². The molecule has 0 spiro atoms. The van der Waals surface area contributed by atoms with Gasteiger partial charge in [0.05, 0.1) is 31.8 Å². The van der Waals surface area contributed by atoms with E-state index in [1.165, 1.54) is 0 Å². The zero-order chi connectivity index (χ0) is 11.4. The van der Waals surface area contributed by atoms with Crippen LogP contribution in [0.4, 0.5) is 0 Å². The molecule has 2 aliphatic heterocycles. The summed E-state index contributed by atoms with van der Waals surface area (Å²) >= 11 is 0. The molecule has 92 valence electrons. The van der Waals surface area contributed by atoms with Crippen LogP contribution in [0.5, 0.6) is 0 Å². The summed E-state index contributed by atoms with van der Waals surface area (Å²) in [6.07, 6.45) is 2.36. The Morgan fingerprint density at radius 3 is 3.12 bits per heavy atom. The van der Waals surface area contributed by atoms with Gasteiger partial charge in [-0.15, -0.1) is 0 Å². The minimum atomic E-state index is 0.00110. The number of likely N-dealkylation sites (tertiary alicyclic amines) is 1. The zero-order valence-corrected chi connectivity index (χ0v) is 9.52. The van der Waals surface area contributed by atoms with Crippen molar-refractivity contribution in [1.82, 2.24) is 10.2 Å². The number of carbonyl (C=O) groups is 1. The van der Waals surface area contributed by atoms with Crippen LogP contribution in [-0.4, -0.2) is 60.9 Å². The SMILES string of the molecule is O=C(CC1CNCCO1)N1CCCC1CO. The molecule has 0 bridgehead atoms. The number of nitrogens with zero attached hydrogens (tertiary/aromatic N) is 1. The number of hydrogen-bond donors (Lipinski definition) is 2. The van der Waals surface area contributed by atoms with Gasteiger partial charge in [-0.1, -0.05) is 0 Å². The van der Waals surface area contributed by atoms with E-state index in [4.69, 9.17) is 9.84 Å². The van der Waals surface area contributed by atoms with Crippen LogP contribution >= 0.6 is 0 Å². The fraction of sp³-hybridized carbons (Fsp3) is 0.909. The molecule has 2 N–H and O–H groups in total. The van der Waals surface area contributed by atoms with E-state index in [1.807, 2.05) is 0 Å². The number of rotatable bonds is 3. The molecule has 5 heteroatoms. The second kappa shape index (κ2) is 5.61. The molecule has 2 saturated heterocycles. The monoisotopic (exact) mass is 228 g/mol. The molecule has 0 aliphatic carbocycles. The molecule has 2 atom stereocenters. The maximum absolute atomic E-state index is 12.0. The molecule has 2 fully saturated rings. The van der Waals surface area contributed by atoms with Crippen molar-refractivity contribution in [3.05, 3.63) is 0 Å². The lowest BCUT2D eigenvalue weighted by Gasteiger charge is -2.27. The summed E-state index contributed by atoms with van der Waals surface area (Å²) in [7, 11) is 0. The molecule has 0 saturated carbocycles. The molecule has 0 aromatic carbocycles. The maximum Gasteiger partial charge on any atom is 0.225 e. The highest BCUT2D eigenvalue weighted by molar-refractivity contribution is 5.77. The van der Waals surface area contributed by atoms with Crippen LogP contribution in [0.1, 0.15) is 19.3 Å². The van der Waals surface area contributed by atoms with Crippen LogP contribution in [-0.2, 0) is 9.53 Å². The Balaban J connectivity index is 1.82. The first-order chi connectivity index (χ1) is 7.81. The van der Waals surface area contributed by atoms with Gasteiger partial charge in [0.15, 0.2) is 0 Å². The lowest BCUT2D eigenvalue weighted by molar-refractivity contribution is -0.136. The third-order valence-electron chi connectivity index (χ3n) is 3.31. The molecule has 0 aromatic rings. The fourth-order valence-corrected chi connectivity index (χ4v) is 2.42. The molecule has 5 nitrogen and oxygen atoms in total. The summed E-state index contributed by atoms with van der Waals surface area (Å²) in [4.78, 5) is 13.8. The predicted octanol–water partition coefficient (Wildman–Crippen LogP) is -0.652. The second-order valence-corrected chi connectivity index (χ2v) is 4.47. The lowest BCUT2D eigenvalue weighted by atomic mass is 10.2. The van der Waals surface area contributed by atoms with E-state index in [0.29, 0.717) is 13.0 Å². The van der Waals surface area contributed by atoms with Crippen molar-refractivity contribution in [1.29, 1.82) is 0 Å². The largest absolute Gasteiger partial charge is 0.394 e. The predicted molar refractivity (Wildman–Crippen MR) is 59.0 cm³/mol. The number of carbonyl (C=O) groups excluding carboxylic acids is 1. The summed E-state index contributed by atoms with van der Waals surface area (Å²) in [6, 6.07) is 0.0315. The minimum absolute atomic E-state index is 0.00110. The van der Waals surface area contributed by atoms with Gasteiger partial charge in [0.2, 0.25) is 5.91 Å². The van der Waals surface area contributed by atoms with E-state index >= 15 is 0 Å². The van der Waals surface area contributed by atoms with Crippen LogP contribution in [0.15, 0.2) is 0 Å². The number of amides is 1. The molecular formula is C11H20N2O3. The first-order valence-electron chi connectivity index (χ1n) is 6.04. The quantitative estimate of drug-likeness (QED) is 0.674. The van der Waals surface area contributed by atoms with Crippen LogP contribution in [0, 0.1) is 0 Å². The Morgan fingerprint density at radius 2 is 2.44 bits per heavy atom. The van der Waals surface area contributed by atoms with Crippen LogP contribution in [0.2, 0.25) is 0 Å². The Labute approximate surface area is 95.8 Å². The standard InChI is InChI=1S/C11H20N2O3/c14-8-9-2-1-4-13(9)11(15)6-10-7-12-3-5-16-10/h9-10,12,14H,1-8H2. The maximum atomic E-state index is 12.0. The van der Waals surface area contributed by atoms with Crippen molar-refractivity contribution in [2.24, 2.45) is 0 Å². The van der Waals surface area contributed by atoms with E-state index in [-0.39, 0.29) is 24.7 Å².